The molecule has 1 atom stereocenters. The van der Waals surface area contributed by atoms with Gasteiger partial charge in [-0.2, -0.15) is 0 Å². The number of benzene rings is 1. The van der Waals surface area contributed by atoms with Gasteiger partial charge in [-0.15, -0.1) is 0 Å². The third-order valence-corrected chi connectivity index (χ3v) is 4.10. The van der Waals surface area contributed by atoms with Gasteiger partial charge in [0, 0.05) is 17.8 Å². The monoisotopic (exact) mass is 327 g/mol. The number of hydrogen-bond acceptors (Lipinski definition) is 4. The van der Waals surface area contributed by atoms with E-state index in [0.29, 0.717) is 10.5 Å². The molecule has 1 heterocycles. The summed E-state index contributed by atoms with van der Waals surface area (Å²) in [5.74, 6) is 0. The van der Waals surface area contributed by atoms with E-state index in [2.05, 4.69) is 33.2 Å². The van der Waals surface area contributed by atoms with Gasteiger partial charge in [0.15, 0.2) is 0 Å². The Hall–Kier alpha value is -1.14. The highest BCUT2D eigenvalue weighted by molar-refractivity contribution is 9.10. The van der Waals surface area contributed by atoms with Gasteiger partial charge in [0.25, 0.3) is 5.69 Å². The number of halogens is 1. The van der Waals surface area contributed by atoms with E-state index in [1.54, 1.807) is 12.1 Å². The molecule has 0 amide bonds. The van der Waals surface area contributed by atoms with Gasteiger partial charge in [0.2, 0.25) is 0 Å². The van der Waals surface area contributed by atoms with Crippen LogP contribution in [0.4, 0.5) is 11.4 Å². The number of nitro benzene ring substituents is 1. The van der Waals surface area contributed by atoms with Crippen molar-refractivity contribution in [2.24, 2.45) is 0 Å². The van der Waals surface area contributed by atoms with Gasteiger partial charge in [0.1, 0.15) is 0 Å². The third-order valence-electron chi connectivity index (χ3n) is 3.47. The Balaban J connectivity index is 2.03. The Morgan fingerprint density at radius 3 is 2.89 bits per heavy atom. The van der Waals surface area contributed by atoms with Crippen LogP contribution in [0.1, 0.15) is 19.3 Å². The first-order chi connectivity index (χ1) is 9.06. The minimum Gasteiger partial charge on any atom is -0.382 e. The SMILES string of the molecule is CN1CCCC(Nc2ccc([N+](=O)[O-])c(Br)c2)CC1. The molecular weight excluding hydrogens is 310 g/mol. The molecule has 0 aromatic heterocycles. The molecule has 1 aromatic rings. The molecule has 1 aromatic carbocycles. The van der Waals surface area contributed by atoms with Gasteiger partial charge < -0.3 is 10.2 Å². The van der Waals surface area contributed by atoms with Crippen molar-refractivity contribution in [1.29, 1.82) is 0 Å². The van der Waals surface area contributed by atoms with Crippen molar-refractivity contribution in [3.63, 3.8) is 0 Å². The molecule has 1 fully saturated rings. The predicted octanol–water partition coefficient (Wildman–Crippen LogP) is 3.25. The van der Waals surface area contributed by atoms with Crippen molar-refractivity contribution < 1.29 is 4.92 Å². The quantitative estimate of drug-likeness (QED) is 0.683. The van der Waals surface area contributed by atoms with E-state index in [9.17, 15) is 10.1 Å². The lowest BCUT2D eigenvalue weighted by molar-refractivity contribution is -0.385. The van der Waals surface area contributed by atoms with E-state index in [0.717, 1.165) is 31.6 Å². The summed E-state index contributed by atoms with van der Waals surface area (Å²) in [4.78, 5) is 12.7. The van der Waals surface area contributed by atoms with Gasteiger partial charge in [-0.3, -0.25) is 10.1 Å². The van der Waals surface area contributed by atoms with Gasteiger partial charge in [-0.25, -0.2) is 0 Å². The molecule has 1 aliphatic rings. The maximum absolute atomic E-state index is 10.8. The van der Waals surface area contributed by atoms with Gasteiger partial charge in [0.05, 0.1) is 9.40 Å². The van der Waals surface area contributed by atoms with E-state index >= 15 is 0 Å². The normalized spacial score (nSPS) is 20.8. The van der Waals surface area contributed by atoms with Crippen LogP contribution in [0, 0.1) is 10.1 Å². The number of nitrogens with zero attached hydrogens (tertiary/aromatic N) is 2. The Kier molecular flexibility index (Phi) is 4.76. The standard InChI is InChI=1S/C13H18BrN3O2/c1-16-7-2-3-10(6-8-16)15-11-4-5-13(17(18)19)12(14)9-11/h4-5,9-10,15H,2-3,6-8H2,1H3. The zero-order valence-corrected chi connectivity index (χ0v) is 12.5. The third kappa shape index (κ3) is 3.91. The summed E-state index contributed by atoms with van der Waals surface area (Å²) in [5.41, 5.74) is 1.04. The summed E-state index contributed by atoms with van der Waals surface area (Å²) in [6.07, 6.45) is 3.42. The second-order valence-electron chi connectivity index (χ2n) is 5.00. The highest BCUT2D eigenvalue weighted by atomic mass is 79.9. The van der Waals surface area contributed by atoms with Crippen molar-refractivity contribution >= 4 is 27.3 Å². The van der Waals surface area contributed by atoms with Crippen LogP contribution in [0.15, 0.2) is 22.7 Å². The van der Waals surface area contributed by atoms with E-state index < -0.39 is 0 Å². The first kappa shape index (κ1) is 14.3. The van der Waals surface area contributed by atoms with Crippen molar-refractivity contribution in [1.82, 2.24) is 4.90 Å². The fraction of sp³-hybridized carbons (Fsp3) is 0.538. The largest absolute Gasteiger partial charge is 0.382 e. The maximum Gasteiger partial charge on any atom is 0.283 e. The van der Waals surface area contributed by atoms with Crippen LogP contribution >= 0.6 is 15.9 Å². The molecule has 0 spiro atoms. The van der Waals surface area contributed by atoms with E-state index in [4.69, 9.17) is 0 Å². The summed E-state index contributed by atoms with van der Waals surface area (Å²) in [7, 11) is 2.14. The minimum absolute atomic E-state index is 0.103. The second-order valence-corrected chi connectivity index (χ2v) is 5.85. The molecule has 1 N–H and O–H groups in total. The molecule has 1 unspecified atom stereocenters. The van der Waals surface area contributed by atoms with Crippen LogP contribution in [-0.4, -0.2) is 36.0 Å². The topological polar surface area (TPSA) is 58.4 Å². The van der Waals surface area contributed by atoms with E-state index in [-0.39, 0.29) is 10.6 Å². The molecule has 6 heteroatoms. The number of nitrogens with one attached hydrogen (secondary N) is 1. The average molecular weight is 328 g/mol. The van der Waals surface area contributed by atoms with Gasteiger partial charge >= 0.3 is 0 Å². The Labute approximate surface area is 121 Å². The van der Waals surface area contributed by atoms with Gasteiger partial charge in [-0.1, -0.05) is 0 Å². The Morgan fingerprint density at radius 1 is 1.42 bits per heavy atom. The van der Waals surface area contributed by atoms with Crippen molar-refractivity contribution in [3.8, 4) is 0 Å². The lowest BCUT2D eigenvalue weighted by Gasteiger charge is -2.18. The van der Waals surface area contributed by atoms with Crippen LogP contribution in [-0.2, 0) is 0 Å². The highest BCUT2D eigenvalue weighted by Crippen LogP contribution is 2.28. The average Bonchev–Trinajstić information content (AvgIpc) is 2.54. The predicted molar refractivity (Wildman–Crippen MR) is 79.6 cm³/mol. The molecule has 5 nitrogen and oxygen atoms in total. The number of anilines is 1. The van der Waals surface area contributed by atoms with Crippen molar-refractivity contribution in [2.45, 2.75) is 25.3 Å². The van der Waals surface area contributed by atoms with E-state index in [1.807, 2.05) is 0 Å². The second kappa shape index (κ2) is 6.34. The minimum atomic E-state index is -0.380. The first-order valence-electron chi connectivity index (χ1n) is 6.45. The number of rotatable bonds is 3. The molecule has 19 heavy (non-hydrogen) atoms. The molecule has 104 valence electrons. The summed E-state index contributed by atoms with van der Waals surface area (Å²) in [6.45, 7) is 2.23. The van der Waals surface area contributed by atoms with Crippen molar-refractivity contribution in [2.75, 3.05) is 25.5 Å². The van der Waals surface area contributed by atoms with Crippen LogP contribution < -0.4 is 5.32 Å². The molecule has 1 aliphatic heterocycles. The first-order valence-corrected chi connectivity index (χ1v) is 7.24. The smallest absolute Gasteiger partial charge is 0.283 e. The molecule has 2 rings (SSSR count). The maximum atomic E-state index is 10.8. The molecule has 0 saturated carbocycles. The molecule has 0 aliphatic carbocycles. The fourth-order valence-electron chi connectivity index (χ4n) is 2.36. The van der Waals surface area contributed by atoms with Crippen molar-refractivity contribution in [3.05, 3.63) is 32.8 Å². The lowest BCUT2D eigenvalue weighted by atomic mass is 10.1. The molecule has 1 saturated heterocycles. The number of likely N-dealkylation sites (tertiary alicyclic amines) is 1. The zero-order valence-electron chi connectivity index (χ0n) is 10.9. The highest BCUT2D eigenvalue weighted by Gasteiger charge is 2.16. The van der Waals surface area contributed by atoms with Gasteiger partial charge in [-0.05, 0) is 67.5 Å². The Morgan fingerprint density at radius 2 is 2.21 bits per heavy atom. The number of nitro groups is 1. The summed E-state index contributed by atoms with van der Waals surface area (Å²) in [5, 5.41) is 14.2. The lowest BCUT2D eigenvalue weighted by Crippen LogP contribution is -2.22. The summed E-state index contributed by atoms with van der Waals surface area (Å²) < 4.78 is 0.522. The summed E-state index contributed by atoms with van der Waals surface area (Å²) in [6, 6.07) is 5.54. The van der Waals surface area contributed by atoms with E-state index in [1.165, 1.54) is 12.5 Å². The fourth-order valence-corrected chi connectivity index (χ4v) is 2.89. The van der Waals surface area contributed by atoms with Crippen LogP contribution in [0.2, 0.25) is 0 Å². The van der Waals surface area contributed by atoms with Crippen LogP contribution in [0.3, 0.4) is 0 Å². The molecule has 0 bridgehead atoms. The zero-order chi connectivity index (χ0) is 13.8. The van der Waals surface area contributed by atoms with Crippen LogP contribution in [0.25, 0.3) is 0 Å². The van der Waals surface area contributed by atoms with Crippen LogP contribution in [0.5, 0.6) is 0 Å². The number of hydrogen-bond donors (Lipinski definition) is 1. The summed E-state index contributed by atoms with van der Waals surface area (Å²) >= 11 is 3.25. The molecular formula is C13H18BrN3O2. The molecule has 0 radical (unpaired) electrons. The Bertz CT molecular complexity index is 467.